The van der Waals surface area contributed by atoms with Crippen molar-refractivity contribution in [1.82, 2.24) is 0 Å². The van der Waals surface area contributed by atoms with Gasteiger partial charge in [-0.3, -0.25) is 4.79 Å². The molecule has 1 aromatic heterocycles. The zero-order valence-corrected chi connectivity index (χ0v) is 7.90. The Hall–Kier alpha value is -1.29. The number of hydrogen-bond donors (Lipinski definition) is 1. The lowest BCUT2D eigenvalue weighted by atomic mass is 10.1. The van der Waals surface area contributed by atoms with Gasteiger partial charge in [0.05, 0.1) is 18.8 Å². The number of hydrogen-bond acceptors (Lipinski definition) is 3. The average Bonchev–Trinajstić information content (AvgIpc) is 2.82. The van der Waals surface area contributed by atoms with Gasteiger partial charge in [-0.1, -0.05) is 0 Å². The molecule has 0 amide bonds. The fourth-order valence-electron chi connectivity index (χ4n) is 1.71. The molecule has 1 aliphatic carbocycles. The fraction of sp³-hybridized carbons (Fsp3) is 0.500. The molecule has 4 heteroatoms. The number of ether oxygens (including phenoxy) is 1. The Morgan fingerprint density at radius 3 is 3.14 bits per heavy atom. The molecule has 2 atom stereocenters. The average molecular weight is 196 g/mol. The maximum absolute atomic E-state index is 10.7. The first kappa shape index (κ1) is 9.27. The number of carbonyl (C=O) groups is 1. The summed E-state index contributed by atoms with van der Waals surface area (Å²) in [6.45, 7) is 0.481. The quantitative estimate of drug-likeness (QED) is 0.794. The van der Waals surface area contributed by atoms with Crippen LogP contribution < -0.4 is 0 Å². The van der Waals surface area contributed by atoms with Crippen LogP contribution in [0.1, 0.15) is 23.7 Å². The Morgan fingerprint density at radius 2 is 2.57 bits per heavy atom. The van der Waals surface area contributed by atoms with Gasteiger partial charge in [0, 0.05) is 18.6 Å². The summed E-state index contributed by atoms with van der Waals surface area (Å²) < 4.78 is 10.3. The van der Waals surface area contributed by atoms with Crippen LogP contribution in [0.15, 0.2) is 16.7 Å². The summed E-state index contributed by atoms with van der Waals surface area (Å²) in [6, 6.07) is 1.83. The van der Waals surface area contributed by atoms with E-state index in [1.807, 2.05) is 6.07 Å². The molecule has 14 heavy (non-hydrogen) atoms. The second kappa shape index (κ2) is 3.46. The van der Waals surface area contributed by atoms with Crippen LogP contribution >= 0.6 is 0 Å². The Morgan fingerprint density at radius 1 is 1.79 bits per heavy atom. The molecular weight excluding hydrogens is 184 g/mol. The van der Waals surface area contributed by atoms with Gasteiger partial charge in [0.2, 0.25) is 0 Å². The predicted octanol–water partition coefficient (Wildman–Crippen LogP) is 1.61. The molecule has 1 aliphatic rings. The van der Waals surface area contributed by atoms with Crippen LogP contribution in [0.4, 0.5) is 0 Å². The second-order valence-electron chi connectivity index (χ2n) is 3.53. The third kappa shape index (κ3) is 1.53. The molecular formula is C10H12O4. The molecule has 2 rings (SSSR count). The maximum Gasteiger partial charge on any atom is 0.307 e. The molecule has 0 radical (unpaired) electrons. The lowest BCUT2D eigenvalue weighted by Gasteiger charge is -1.99. The number of methoxy groups -OCH3 is 1. The standard InChI is InChI=1S/C10H12O4/c1-13-5-6-2-3-14-9(6)7-4-8(7)10(11)12/h2-3,7-8H,4-5H2,1H3,(H,11,12)/t7-,8-/m1/s1. The molecule has 76 valence electrons. The first-order chi connectivity index (χ1) is 6.74. The Labute approximate surface area is 81.5 Å². The molecule has 1 saturated carbocycles. The van der Waals surface area contributed by atoms with E-state index in [4.69, 9.17) is 14.3 Å². The highest BCUT2D eigenvalue weighted by atomic mass is 16.5. The van der Waals surface area contributed by atoms with Crippen LogP contribution in [0.3, 0.4) is 0 Å². The number of aliphatic carboxylic acids is 1. The first-order valence-electron chi connectivity index (χ1n) is 4.52. The van der Waals surface area contributed by atoms with E-state index in [-0.39, 0.29) is 11.8 Å². The molecule has 0 saturated heterocycles. The van der Waals surface area contributed by atoms with Gasteiger partial charge in [-0.2, -0.15) is 0 Å². The van der Waals surface area contributed by atoms with Gasteiger partial charge in [0.15, 0.2) is 0 Å². The molecule has 0 aromatic carbocycles. The van der Waals surface area contributed by atoms with Gasteiger partial charge in [0.1, 0.15) is 5.76 Å². The topological polar surface area (TPSA) is 59.7 Å². The van der Waals surface area contributed by atoms with Crippen molar-refractivity contribution in [3.05, 3.63) is 23.7 Å². The largest absolute Gasteiger partial charge is 0.481 e. The van der Waals surface area contributed by atoms with Crippen molar-refractivity contribution < 1.29 is 19.1 Å². The van der Waals surface area contributed by atoms with Crippen LogP contribution in [0, 0.1) is 5.92 Å². The fourth-order valence-corrected chi connectivity index (χ4v) is 1.71. The number of carboxylic acid groups (broad SMARTS) is 1. The van der Waals surface area contributed by atoms with Crippen molar-refractivity contribution in [2.45, 2.75) is 18.9 Å². The summed E-state index contributed by atoms with van der Waals surface area (Å²) in [5.41, 5.74) is 0.959. The van der Waals surface area contributed by atoms with Crippen molar-refractivity contribution in [2.24, 2.45) is 5.92 Å². The Balaban J connectivity index is 2.10. The van der Waals surface area contributed by atoms with Crippen molar-refractivity contribution in [3.63, 3.8) is 0 Å². The van der Waals surface area contributed by atoms with E-state index in [2.05, 4.69) is 0 Å². The van der Waals surface area contributed by atoms with Crippen molar-refractivity contribution in [2.75, 3.05) is 7.11 Å². The summed E-state index contributed by atoms with van der Waals surface area (Å²) in [7, 11) is 1.61. The summed E-state index contributed by atoms with van der Waals surface area (Å²) in [4.78, 5) is 10.7. The third-order valence-corrected chi connectivity index (χ3v) is 2.52. The highest BCUT2D eigenvalue weighted by molar-refractivity contribution is 5.75. The summed E-state index contributed by atoms with van der Waals surface area (Å²) in [5.74, 6) is -0.182. The van der Waals surface area contributed by atoms with Gasteiger partial charge in [-0.15, -0.1) is 0 Å². The second-order valence-corrected chi connectivity index (χ2v) is 3.53. The van der Waals surface area contributed by atoms with Crippen LogP contribution in [-0.2, 0) is 16.1 Å². The molecule has 1 aromatic rings. The predicted molar refractivity (Wildman–Crippen MR) is 47.9 cm³/mol. The summed E-state index contributed by atoms with van der Waals surface area (Å²) in [5, 5.41) is 8.77. The minimum absolute atomic E-state index is 0.0487. The number of rotatable bonds is 4. The zero-order valence-electron chi connectivity index (χ0n) is 7.90. The highest BCUT2D eigenvalue weighted by Crippen LogP contribution is 2.48. The van der Waals surface area contributed by atoms with E-state index in [1.165, 1.54) is 0 Å². The van der Waals surface area contributed by atoms with Crippen molar-refractivity contribution >= 4 is 5.97 Å². The Kier molecular flexibility index (Phi) is 2.29. The van der Waals surface area contributed by atoms with Crippen LogP contribution in [0.5, 0.6) is 0 Å². The highest BCUT2D eigenvalue weighted by Gasteiger charge is 2.47. The van der Waals surface area contributed by atoms with Gasteiger partial charge in [0.25, 0.3) is 0 Å². The lowest BCUT2D eigenvalue weighted by Crippen LogP contribution is -1.99. The molecule has 4 nitrogen and oxygen atoms in total. The molecule has 1 N–H and O–H groups in total. The minimum atomic E-state index is -0.741. The molecule has 1 fully saturated rings. The lowest BCUT2D eigenvalue weighted by molar-refractivity contribution is -0.138. The minimum Gasteiger partial charge on any atom is -0.481 e. The van der Waals surface area contributed by atoms with E-state index in [9.17, 15) is 4.79 Å². The molecule has 0 aliphatic heterocycles. The monoisotopic (exact) mass is 196 g/mol. The first-order valence-corrected chi connectivity index (χ1v) is 4.52. The molecule has 0 bridgehead atoms. The van der Waals surface area contributed by atoms with Crippen LogP contribution in [0.2, 0.25) is 0 Å². The molecule has 1 heterocycles. The Bertz CT molecular complexity index is 342. The molecule has 0 spiro atoms. The zero-order chi connectivity index (χ0) is 10.1. The van der Waals surface area contributed by atoms with Gasteiger partial charge in [-0.05, 0) is 12.5 Å². The molecule has 0 unspecified atom stereocenters. The van der Waals surface area contributed by atoms with Gasteiger partial charge in [-0.25, -0.2) is 0 Å². The smallest absolute Gasteiger partial charge is 0.307 e. The van der Waals surface area contributed by atoms with Gasteiger partial charge >= 0.3 is 5.97 Å². The van der Waals surface area contributed by atoms with E-state index in [0.29, 0.717) is 13.0 Å². The number of carboxylic acids is 1. The van der Waals surface area contributed by atoms with Crippen LogP contribution in [-0.4, -0.2) is 18.2 Å². The van der Waals surface area contributed by atoms with Crippen molar-refractivity contribution in [3.8, 4) is 0 Å². The number of furan rings is 1. The van der Waals surface area contributed by atoms with E-state index >= 15 is 0 Å². The normalized spacial score (nSPS) is 24.9. The van der Waals surface area contributed by atoms with E-state index in [1.54, 1.807) is 13.4 Å². The van der Waals surface area contributed by atoms with Crippen LogP contribution in [0.25, 0.3) is 0 Å². The summed E-state index contributed by atoms with van der Waals surface area (Å²) in [6.07, 6.45) is 2.26. The van der Waals surface area contributed by atoms with Gasteiger partial charge < -0.3 is 14.3 Å². The third-order valence-electron chi connectivity index (χ3n) is 2.52. The summed E-state index contributed by atoms with van der Waals surface area (Å²) >= 11 is 0. The SMILES string of the molecule is COCc1ccoc1[C@@H]1C[C@H]1C(=O)O. The van der Waals surface area contributed by atoms with E-state index in [0.717, 1.165) is 11.3 Å². The maximum atomic E-state index is 10.7. The van der Waals surface area contributed by atoms with E-state index < -0.39 is 5.97 Å². The van der Waals surface area contributed by atoms with Crippen molar-refractivity contribution in [1.29, 1.82) is 0 Å².